The summed E-state index contributed by atoms with van der Waals surface area (Å²) < 4.78 is 8.73. The van der Waals surface area contributed by atoms with E-state index in [1.807, 2.05) is 41.8 Å². The van der Waals surface area contributed by atoms with Gasteiger partial charge in [-0.25, -0.2) is 4.99 Å². The van der Waals surface area contributed by atoms with Gasteiger partial charge in [0.1, 0.15) is 0 Å². The van der Waals surface area contributed by atoms with Gasteiger partial charge in [0.15, 0.2) is 16.3 Å². The molecule has 6 rings (SSSR count). The summed E-state index contributed by atoms with van der Waals surface area (Å²) in [5.41, 5.74) is 6.48. The van der Waals surface area contributed by atoms with Crippen molar-refractivity contribution in [3.63, 3.8) is 0 Å². The van der Waals surface area contributed by atoms with Crippen molar-refractivity contribution in [2.45, 2.75) is 25.8 Å². The Morgan fingerprint density at radius 3 is 2.72 bits per heavy atom. The van der Waals surface area contributed by atoms with Crippen molar-refractivity contribution in [3.8, 4) is 11.5 Å². The quantitative estimate of drug-likeness (QED) is 0.332. The molecule has 1 atom stereocenters. The van der Waals surface area contributed by atoms with Crippen molar-refractivity contribution in [3.05, 3.63) is 118 Å². The third kappa shape index (κ3) is 3.90. The number of rotatable bonds is 4. The lowest BCUT2D eigenvalue weighted by atomic mass is 9.83. The number of phenolic OH excluding ortho intramolecular Hbond substituents is 1. The van der Waals surface area contributed by atoms with E-state index in [1.165, 1.54) is 22.5 Å². The van der Waals surface area contributed by atoms with E-state index < -0.39 is 0 Å². The predicted molar refractivity (Wildman–Crippen MR) is 151 cm³/mol. The monoisotopic (exact) mass is 606 g/mol. The first-order chi connectivity index (χ1) is 17.5. The number of aryl methyl sites for hydroxylation is 1. The van der Waals surface area contributed by atoms with Crippen LogP contribution in [0.3, 0.4) is 0 Å². The number of aromatic hydroxyl groups is 1. The fraction of sp³-hybridized carbons (Fsp3) is 0.172. The smallest absolute Gasteiger partial charge is 0.271 e. The van der Waals surface area contributed by atoms with Crippen LogP contribution in [0, 0.1) is 3.57 Å². The summed E-state index contributed by atoms with van der Waals surface area (Å²) in [7, 11) is 0. The summed E-state index contributed by atoms with van der Waals surface area (Å²) in [5, 5.41) is 10.3. The number of hydrogen-bond donors (Lipinski definition) is 1. The van der Waals surface area contributed by atoms with Crippen LogP contribution < -0.4 is 19.6 Å². The summed E-state index contributed by atoms with van der Waals surface area (Å²) in [6, 6.07) is 22.1. The standard InChI is InChI=1S/C29H23IN2O3S/c1-2-35-23-15-17(14-22(30)27(23)33)16-24-28(34)32-26(19-9-4-3-5-10-19)21-13-12-18-8-6-7-11-20(18)25(21)31-29(32)36-24/h3-11,14-16,26,33H,2,12-13H2,1H3/b24-16-/t26-/m0/s1. The number of phenols is 1. The van der Waals surface area contributed by atoms with Gasteiger partial charge in [-0.15, -0.1) is 0 Å². The van der Waals surface area contributed by atoms with Crippen molar-refractivity contribution in [1.29, 1.82) is 0 Å². The highest BCUT2D eigenvalue weighted by Gasteiger charge is 2.32. The number of fused-ring (bicyclic) bond motifs is 3. The first-order valence-corrected chi connectivity index (χ1v) is 13.8. The summed E-state index contributed by atoms with van der Waals surface area (Å²) >= 11 is 3.48. The zero-order valence-corrected chi connectivity index (χ0v) is 22.5. The molecule has 2 heterocycles. The van der Waals surface area contributed by atoms with E-state index in [-0.39, 0.29) is 17.4 Å². The Hall–Kier alpha value is -3.17. The van der Waals surface area contributed by atoms with Crippen LogP contribution in [-0.2, 0) is 6.42 Å². The van der Waals surface area contributed by atoms with E-state index in [4.69, 9.17) is 9.73 Å². The minimum atomic E-state index is -0.188. The molecule has 1 N–H and O–H groups in total. The molecular formula is C29H23IN2O3S. The number of aromatic nitrogens is 1. The van der Waals surface area contributed by atoms with E-state index in [0.717, 1.165) is 35.2 Å². The van der Waals surface area contributed by atoms with E-state index in [0.29, 0.717) is 25.3 Å². The lowest BCUT2D eigenvalue weighted by molar-refractivity contribution is 0.317. The lowest BCUT2D eigenvalue weighted by Crippen LogP contribution is -2.38. The molecule has 0 unspecified atom stereocenters. The van der Waals surface area contributed by atoms with Crippen LogP contribution >= 0.6 is 33.9 Å². The number of allylic oxidation sites excluding steroid dienone is 1. The van der Waals surface area contributed by atoms with E-state index >= 15 is 0 Å². The fourth-order valence-electron chi connectivity index (χ4n) is 5.05. The first kappa shape index (κ1) is 23.2. The Morgan fingerprint density at radius 2 is 1.92 bits per heavy atom. The average Bonchev–Trinajstić information content (AvgIpc) is 3.20. The number of benzene rings is 3. The van der Waals surface area contributed by atoms with Crippen molar-refractivity contribution < 1.29 is 9.84 Å². The van der Waals surface area contributed by atoms with E-state index in [1.54, 1.807) is 6.07 Å². The second-order valence-electron chi connectivity index (χ2n) is 8.81. The maximum Gasteiger partial charge on any atom is 0.271 e. The summed E-state index contributed by atoms with van der Waals surface area (Å²) in [6.45, 7) is 2.32. The van der Waals surface area contributed by atoms with Crippen molar-refractivity contribution in [2.24, 2.45) is 4.99 Å². The molecule has 2 aliphatic rings. The molecule has 7 heteroatoms. The van der Waals surface area contributed by atoms with Gasteiger partial charge in [0, 0.05) is 5.56 Å². The predicted octanol–water partition coefficient (Wildman–Crippen LogP) is 5.03. The highest BCUT2D eigenvalue weighted by Crippen LogP contribution is 2.41. The molecule has 0 spiro atoms. The van der Waals surface area contributed by atoms with E-state index in [9.17, 15) is 9.90 Å². The van der Waals surface area contributed by atoms with Crippen LogP contribution in [0.15, 0.2) is 82.1 Å². The number of hydrogen-bond acceptors (Lipinski definition) is 5. The van der Waals surface area contributed by atoms with Crippen LogP contribution in [0.2, 0.25) is 0 Å². The van der Waals surface area contributed by atoms with Gasteiger partial charge in [0.2, 0.25) is 0 Å². The van der Waals surface area contributed by atoms with Gasteiger partial charge in [0.05, 0.1) is 26.4 Å². The maximum absolute atomic E-state index is 13.9. The van der Waals surface area contributed by atoms with Gasteiger partial charge in [-0.3, -0.25) is 9.36 Å². The number of thiazole rings is 1. The Kier molecular flexibility index (Phi) is 6.05. The highest BCUT2D eigenvalue weighted by molar-refractivity contribution is 14.1. The Bertz CT molecular complexity index is 1700. The maximum atomic E-state index is 13.9. The Morgan fingerprint density at radius 1 is 1.14 bits per heavy atom. The molecule has 5 nitrogen and oxygen atoms in total. The summed E-state index contributed by atoms with van der Waals surface area (Å²) in [6.07, 6.45) is 3.67. The number of nitrogens with zero attached hydrogens (tertiary/aromatic N) is 2. The van der Waals surface area contributed by atoms with Crippen LogP contribution in [0.25, 0.3) is 11.8 Å². The van der Waals surface area contributed by atoms with Gasteiger partial charge in [-0.05, 0) is 82.8 Å². The third-order valence-corrected chi connectivity index (χ3v) is 8.44. The molecule has 0 saturated carbocycles. The minimum absolute atomic E-state index is 0.0564. The number of halogens is 1. The zero-order valence-electron chi connectivity index (χ0n) is 19.6. The first-order valence-electron chi connectivity index (χ1n) is 11.9. The Balaban J connectivity index is 1.59. The molecule has 1 aromatic heterocycles. The Labute approximate surface area is 225 Å². The van der Waals surface area contributed by atoms with Gasteiger partial charge < -0.3 is 9.84 Å². The molecule has 1 aliphatic carbocycles. The number of ether oxygens (including phenoxy) is 1. The average molecular weight is 606 g/mol. The largest absolute Gasteiger partial charge is 0.504 e. The third-order valence-electron chi connectivity index (χ3n) is 6.64. The second kappa shape index (κ2) is 9.37. The van der Waals surface area contributed by atoms with Gasteiger partial charge in [-0.2, -0.15) is 0 Å². The molecule has 0 saturated heterocycles. The minimum Gasteiger partial charge on any atom is -0.504 e. The zero-order chi connectivity index (χ0) is 24.8. The molecule has 4 aromatic rings. The molecule has 1 aliphatic heterocycles. The lowest BCUT2D eigenvalue weighted by Gasteiger charge is -2.30. The second-order valence-corrected chi connectivity index (χ2v) is 11.0. The molecule has 0 radical (unpaired) electrons. The van der Waals surface area contributed by atoms with Crippen molar-refractivity contribution in [2.75, 3.05) is 6.61 Å². The molecule has 0 amide bonds. The summed E-state index contributed by atoms with van der Waals surface area (Å²) in [5.74, 6) is 0.532. The normalized spacial score (nSPS) is 16.7. The van der Waals surface area contributed by atoms with Crippen LogP contribution in [0.1, 0.15) is 41.6 Å². The topological polar surface area (TPSA) is 63.8 Å². The molecule has 0 fully saturated rings. The van der Waals surface area contributed by atoms with Gasteiger partial charge >= 0.3 is 0 Å². The van der Waals surface area contributed by atoms with Crippen molar-refractivity contribution >= 4 is 45.7 Å². The fourth-order valence-corrected chi connectivity index (χ4v) is 6.68. The van der Waals surface area contributed by atoms with E-state index in [2.05, 4.69) is 59.0 Å². The van der Waals surface area contributed by atoms with Crippen LogP contribution in [-0.4, -0.2) is 16.3 Å². The van der Waals surface area contributed by atoms with Crippen LogP contribution in [0.5, 0.6) is 11.5 Å². The summed E-state index contributed by atoms with van der Waals surface area (Å²) in [4.78, 5) is 19.6. The molecular weight excluding hydrogens is 583 g/mol. The highest BCUT2D eigenvalue weighted by atomic mass is 127. The van der Waals surface area contributed by atoms with Crippen LogP contribution in [0.4, 0.5) is 0 Å². The molecule has 180 valence electrons. The van der Waals surface area contributed by atoms with Crippen molar-refractivity contribution in [1.82, 2.24) is 4.57 Å². The molecule has 36 heavy (non-hydrogen) atoms. The van der Waals surface area contributed by atoms with Gasteiger partial charge in [0.25, 0.3) is 5.56 Å². The molecule has 0 bridgehead atoms. The molecule has 3 aromatic carbocycles. The van der Waals surface area contributed by atoms with Gasteiger partial charge in [-0.1, -0.05) is 65.9 Å². The SMILES string of the molecule is CCOc1cc(/C=c2\sc3n(c2=O)[C@@H](c2ccccc2)C2=C(N=3)c3ccccc3CC2)cc(I)c1O.